The monoisotopic (exact) mass is 435 g/mol. The summed E-state index contributed by atoms with van der Waals surface area (Å²) in [7, 11) is 0. The molecule has 31 heavy (non-hydrogen) atoms. The third-order valence-electron chi connectivity index (χ3n) is 4.99. The van der Waals surface area contributed by atoms with Crippen molar-refractivity contribution in [1.29, 1.82) is 5.41 Å². The predicted molar refractivity (Wildman–Crippen MR) is 126 cm³/mol. The van der Waals surface area contributed by atoms with E-state index in [1.165, 1.54) is 16.8 Å². The van der Waals surface area contributed by atoms with E-state index in [9.17, 15) is 4.79 Å². The number of hydrogen-bond donors (Lipinski definition) is 1. The fourth-order valence-corrected chi connectivity index (χ4v) is 4.35. The predicted octanol–water partition coefficient (Wildman–Crippen LogP) is 5.08. The van der Waals surface area contributed by atoms with E-state index < -0.39 is 5.91 Å². The van der Waals surface area contributed by atoms with Crippen molar-refractivity contribution in [3.8, 4) is 11.4 Å². The van der Waals surface area contributed by atoms with Crippen LogP contribution < -0.4 is 4.74 Å². The topological polar surface area (TPSA) is 83.0 Å². The number of hydrogen-bond acceptors (Lipinski definition) is 5. The van der Waals surface area contributed by atoms with Crippen LogP contribution >= 0.6 is 11.8 Å². The van der Waals surface area contributed by atoms with Gasteiger partial charge in [0.25, 0.3) is 5.91 Å². The van der Waals surface area contributed by atoms with Gasteiger partial charge in [-0.3, -0.25) is 10.2 Å². The molecule has 3 heterocycles. The third-order valence-corrected chi connectivity index (χ3v) is 5.96. The normalized spacial score (nSPS) is 17.1. The van der Waals surface area contributed by atoms with Crippen molar-refractivity contribution < 1.29 is 9.53 Å². The maximum absolute atomic E-state index is 12.7. The largest absolute Gasteiger partial charge is 0.494 e. The molecule has 160 valence electrons. The number of amidine groups is 2. The number of carbonyl (C=O) groups is 1. The molecule has 7 nitrogen and oxygen atoms in total. The lowest BCUT2D eigenvalue weighted by atomic mass is 10.1. The zero-order chi connectivity index (χ0) is 21.8. The van der Waals surface area contributed by atoms with Crippen LogP contribution in [0.5, 0.6) is 5.75 Å². The maximum Gasteiger partial charge on any atom is 0.283 e. The second-order valence-electron chi connectivity index (χ2n) is 7.20. The fraction of sp³-hybridized carbons (Fsp3) is 0.304. The van der Waals surface area contributed by atoms with Crippen LogP contribution in [0.15, 0.2) is 58.3 Å². The molecule has 0 saturated carbocycles. The molecule has 2 aliphatic rings. The van der Waals surface area contributed by atoms with Gasteiger partial charge < -0.3 is 9.30 Å². The van der Waals surface area contributed by atoms with Crippen LogP contribution in [0.2, 0.25) is 0 Å². The first kappa shape index (κ1) is 21.1. The average Bonchev–Trinajstić information content (AvgIpc) is 3.39. The summed E-state index contributed by atoms with van der Waals surface area (Å²) >= 11 is 1.39. The minimum atomic E-state index is -0.409. The number of rotatable bonds is 8. The van der Waals surface area contributed by atoms with Crippen LogP contribution in [0.25, 0.3) is 11.8 Å². The Morgan fingerprint density at radius 3 is 2.71 bits per heavy atom. The number of aliphatic imine (C=N–C) groups is 1. The van der Waals surface area contributed by atoms with E-state index in [0.29, 0.717) is 11.8 Å². The zero-order valence-electron chi connectivity index (χ0n) is 17.7. The highest BCUT2D eigenvalue weighted by atomic mass is 32.2. The van der Waals surface area contributed by atoms with E-state index in [-0.39, 0.29) is 11.4 Å². The van der Waals surface area contributed by atoms with E-state index >= 15 is 0 Å². The molecule has 1 amide bonds. The van der Waals surface area contributed by atoms with Gasteiger partial charge in [0.05, 0.1) is 12.2 Å². The van der Waals surface area contributed by atoms with Gasteiger partial charge in [0.2, 0.25) is 5.17 Å². The molecular weight excluding hydrogens is 410 g/mol. The summed E-state index contributed by atoms with van der Waals surface area (Å²) < 4.78 is 7.47. The summed E-state index contributed by atoms with van der Waals surface area (Å²) in [4.78, 5) is 16.9. The van der Waals surface area contributed by atoms with E-state index in [1.807, 2.05) is 54.1 Å². The molecule has 0 spiro atoms. The summed E-state index contributed by atoms with van der Waals surface area (Å²) in [5, 5.41) is 16.0. The Labute approximate surface area is 186 Å². The van der Waals surface area contributed by atoms with Crippen LogP contribution in [0.3, 0.4) is 0 Å². The Morgan fingerprint density at radius 1 is 1.16 bits per heavy atom. The number of carbonyl (C=O) groups excluding carboxylic acids is 1. The van der Waals surface area contributed by atoms with Gasteiger partial charge in [-0.15, -0.1) is 0 Å². The smallest absolute Gasteiger partial charge is 0.283 e. The number of thioether (sulfide) groups is 1. The molecule has 0 saturated heterocycles. The van der Waals surface area contributed by atoms with Crippen molar-refractivity contribution in [2.75, 3.05) is 6.61 Å². The first-order valence-electron chi connectivity index (χ1n) is 10.5. The van der Waals surface area contributed by atoms with E-state index in [4.69, 9.17) is 10.1 Å². The number of ether oxygens (including phenoxy) is 1. The van der Waals surface area contributed by atoms with Crippen molar-refractivity contribution in [1.82, 2.24) is 9.58 Å². The molecule has 2 aromatic rings. The number of nitrogens with zero attached hydrogens (tertiary/aromatic N) is 4. The molecule has 0 radical (unpaired) electrons. The molecule has 0 aliphatic carbocycles. The quantitative estimate of drug-likeness (QED) is 0.463. The number of hydrazone groups is 1. The van der Waals surface area contributed by atoms with Crippen LogP contribution in [0, 0.1) is 5.41 Å². The standard InChI is InChI=1S/C23H25N5O2S/c1-3-5-6-9-20-26-28-21(24)19(22(29)25-23(28)31-20)15-17-8-7-14-27(17)16-10-12-18(13-11-16)30-4-2/h7-8,10-15,24H,3-6,9H2,1-2H3/b19-15-,24-21?. The van der Waals surface area contributed by atoms with Crippen molar-refractivity contribution in [3.63, 3.8) is 0 Å². The molecule has 0 fully saturated rings. The second kappa shape index (κ2) is 9.34. The first-order valence-corrected chi connectivity index (χ1v) is 11.3. The number of benzene rings is 1. The van der Waals surface area contributed by atoms with Gasteiger partial charge in [-0.05, 0) is 74.0 Å². The minimum absolute atomic E-state index is 0.0624. The lowest BCUT2D eigenvalue weighted by Crippen LogP contribution is -2.35. The summed E-state index contributed by atoms with van der Waals surface area (Å²) in [6, 6.07) is 11.6. The second-order valence-corrected chi connectivity index (χ2v) is 8.24. The Balaban J connectivity index is 1.58. The molecule has 0 atom stereocenters. The molecule has 1 N–H and O–H groups in total. The highest BCUT2D eigenvalue weighted by Crippen LogP contribution is 2.30. The fourth-order valence-electron chi connectivity index (χ4n) is 3.42. The zero-order valence-corrected chi connectivity index (χ0v) is 18.5. The van der Waals surface area contributed by atoms with E-state index in [1.54, 1.807) is 6.08 Å². The summed E-state index contributed by atoms with van der Waals surface area (Å²) in [5.74, 6) is 0.462. The molecule has 2 aliphatic heterocycles. The SMILES string of the molecule is CCCCCC1=NN2C(=N)/C(=C/c3cccn3-c3ccc(OCC)cc3)C(=O)N=C2S1. The Bertz CT molecular complexity index is 1080. The van der Waals surface area contributed by atoms with Gasteiger partial charge in [-0.1, -0.05) is 19.8 Å². The lowest BCUT2D eigenvalue weighted by Gasteiger charge is -2.20. The van der Waals surface area contributed by atoms with Crippen molar-refractivity contribution in [3.05, 3.63) is 53.9 Å². The Kier molecular flexibility index (Phi) is 6.36. The molecular formula is C23H25N5O2S. The van der Waals surface area contributed by atoms with Crippen molar-refractivity contribution in [2.24, 2.45) is 10.1 Å². The Hall–Kier alpha value is -3.13. The van der Waals surface area contributed by atoms with E-state index in [0.717, 1.165) is 47.9 Å². The molecule has 0 bridgehead atoms. The van der Waals surface area contributed by atoms with Gasteiger partial charge >= 0.3 is 0 Å². The molecule has 8 heteroatoms. The number of nitrogens with one attached hydrogen (secondary N) is 1. The Morgan fingerprint density at radius 2 is 1.97 bits per heavy atom. The van der Waals surface area contributed by atoms with Crippen molar-refractivity contribution in [2.45, 2.75) is 39.5 Å². The lowest BCUT2D eigenvalue weighted by molar-refractivity contribution is -0.114. The summed E-state index contributed by atoms with van der Waals surface area (Å²) in [6.45, 7) is 4.72. The van der Waals surface area contributed by atoms with Gasteiger partial charge in [0.1, 0.15) is 10.8 Å². The van der Waals surface area contributed by atoms with Gasteiger partial charge in [0.15, 0.2) is 5.84 Å². The van der Waals surface area contributed by atoms with Crippen LogP contribution in [0.1, 0.15) is 45.2 Å². The van der Waals surface area contributed by atoms with Gasteiger partial charge in [-0.2, -0.15) is 15.1 Å². The summed E-state index contributed by atoms with van der Waals surface area (Å²) in [5.41, 5.74) is 1.95. The molecule has 0 unspecified atom stereocenters. The number of unbranched alkanes of at least 4 members (excludes halogenated alkanes) is 2. The van der Waals surface area contributed by atoms with Crippen LogP contribution in [-0.4, -0.2) is 38.1 Å². The highest BCUT2D eigenvalue weighted by molar-refractivity contribution is 8.26. The minimum Gasteiger partial charge on any atom is -0.494 e. The van der Waals surface area contributed by atoms with Crippen LogP contribution in [-0.2, 0) is 4.79 Å². The number of aromatic nitrogens is 1. The first-order chi connectivity index (χ1) is 15.1. The third kappa shape index (κ3) is 4.49. The average molecular weight is 436 g/mol. The van der Waals surface area contributed by atoms with Crippen LogP contribution in [0.4, 0.5) is 0 Å². The van der Waals surface area contributed by atoms with Crippen molar-refractivity contribution >= 4 is 39.8 Å². The summed E-state index contributed by atoms with van der Waals surface area (Å²) in [6.07, 6.45) is 7.78. The molecule has 1 aromatic heterocycles. The van der Waals surface area contributed by atoms with E-state index in [2.05, 4.69) is 17.0 Å². The van der Waals surface area contributed by atoms with Gasteiger partial charge in [0, 0.05) is 17.6 Å². The van der Waals surface area contributed by atoms with Gasteiger partial charge in [-0.25, -0.2) is 0 Å². The molecule has 1 aromatic carbocycles. The molecule has 4 rings (SSSR count). The highest BCUT2D eigenvalue weighted by Gasteiger charge is 2.35. The number of fused-ring (bicyclic) bond motifs is 1. The number of amides is 1. The maximum atomic E-state index is 12.7.